The van der Waals surface area contributed by atoms with Crippen molar-refractivity contribution in [1.29, 1.82) is 0 Å². The SMILES string of the molecule is CN(C)C(=NCc1cccc(-c2ncn[nH]2)c1)N(C)C. The summed E-state index contributed by atoms with van der Waals surface area (Å²) in [4.78, 5) is 12.8. The van der Waals surface area contributed by atoms with Crippen molar-refractivity contribution in [3.63, 3.8) is 0 Å². The molecule has 1 N–H and O–H groups in total. The van der Waals surface area contributed by atoms with Crippen LogP contribution in [-0.4, -0.2) is 59.1 Å². The fourth-order valence-corrected chi connectivity index (χ4v) is 2.01. The molecule has 0 bridgehead atoms. The van der Waals surface area contributed by atoms with Crippen LogP contribution in [0.25, 0.3) is 11.4 Å². The van der Waals surface area contributed by atoms with Crippen LogP contribution in [0.15, 0.2) is 35.6 Å². The van der Waals surface area contributed by atoms with Gasteiger partial charge >= 0.3 is 0 Å². The molecule has 0 saturated carbocycles. The van der Waals surface area contributed by atoms with Gasteiger partial charge in [0.2, 0.25) is 0 Å². The summed E-state index contributed by atoms with van der Waals surface area (Å²) in [7, 11) is 7.96. The Kier molecular flexibility index (Phi) is 4.34. The molecular weight excluding hydrogens is 252 g/mol. The topological polar surface area (TPSA) is 60.4 Å². The molecule has 106 valence electrons. The van der Waals surface area contributed by atoms with Crippen LogP contribution in [-0.2, 0) is 6.54 Å². The van der Waals surface area contributed by atoms with E-state index in [1.165, 1.54) is 6.33 Å². The minimum Gasteiger partial charge on any atom is -0.349 e. The molecule has 0 aliphatic carbocycles. The van der Waals surface area contributed by atoms with Gasteiger partial charge < -0.3 is 9.80 Å². The molecule has 0 amide bonds. The van der Waals surface area contributed by atoms with Gasteiger partial charge in [-0.15, -0.1) is 0 Å². The van der Waals surface area contributed by atoms with Crippen molar-refractivity contribution in [2.24, 2.45) is 4.99 Å². The van der Waals surface area contributed by atoms with Crippen LogP contribution in [0, 0.1) is 0 Å². The van der Waals surface area contributed by atoms with Gasteiger partial charge in [0.05, 0.1) is 6.54 Å². The fraction of sp³-hybridized carbons (Fsp3) is 0.357. The molecule has 0 aliphatic heterocycles. The average molecular weight is 272 g/mol. The lowest BCUT2D eigenvalue weighted by Gasteiger charge is -2.22. The van der Waals surface area contributed by atoms with E-state index in [0.717, 1.165) is 22.9 Å². The summed E-state index contributed by atoms with van der Waals surface area (Å²) >= 11 is 0. The highest BCUT2D eigenvalue weighted by Crippen LogP contribution is 2.16. The summed E-state index contributed by atoms with van der Waals surface area (Å²) in [5.41, 5.74) is 2.16. The number of H-pyrrole nitrogens is 1. The van der Waals surface area contributed by atoms with Crippen molar-refractivity contribution in [2.75, 3.05) is 28.2 Å². The molecular formula is C14H20N6. The highest BCUT2D eigenvalue weighted by atomic mass is 15.3. The summed E-state index contributed by atoms with van der Waals surface area (Å²) in [5, 5.41) is 6.74. The molecule has 6 heteroatoms. The first-order chi connectivity index (χ1) is 9.58. The number of nitrogens with one attached hydrogen (secondary N) is 1. The molecule has 2 aromatic rings. The van der Waals surface area contributed by atoms with E-state index in [4.69, 9.17) is 0 Å². The van der Waals surface area contributed by atoms with Gasteiger partial charge in [-0.05, 0) is 11.6 Å². The van der Waals surface area contributed by atoms with Gasteiger partial charge in [-0.3, -0.25) is 5.10 Å². The molecule has 6 nitrogen and oxygen atoms in total. The summed E-state index contributed by atoms with van der Waals surface area (Å²) < 4.78 is 0. The monoisotopic (exact) mass is 272 g/mol. The van der Waals surface area contributed by atoms with Crippen molar-refractivity contribution >= 4 is 5.96 Å². The fourth-order valence-electron chi connectivity index (χ4n) is 2.01. The molecule has 0 radical (unpaired) electrons. The normalized spacial score (nSPS) is 10.2. The van der Waals surface area contributed by atoms with Crippen LogP contribution < -0.4 is 0 Å². The smallest absolute Gasteiger partial charge is 0.195 e. The number of hydrogen-bond donors (Lipinski definition) is 1. The Morgan fingerprint density at radius 1 is 1.20 bits per heavy atom. The van der Waals surface area contributed by atoms with E-state index >= 15 is 0 Å². The molecule has 0 atom stereocenters. The highest BCUT2D eigenvalue weighted by Gasteiger charge is 2.05. The van der Waals surface area contributed by atoms with Crippen molar-refractivity contribution in [3.8, 4) is 11.4 Å². The Bertz CT molecular complexity index is 561. The van der Waals surface area contributed by atoms with E-state index in [2.05, 4.69) is 32.3 Å². The lowest BCUT2D eigenvalue weighted by atomic mass is 10.1. The Morgan fingerprint density at radius 3 is 2.55 bits per heavy atom. The molecule has 1 aromatic heterocycles. The Labute approximate surface area is 119 Å². The quantitative estimate of drug-likeness (QED) is 0.678. The second-order valence-electron chi connectivity index (χ2n) is 4.94. The second kappa shape index (κ2) is 6.18. The summed E-state index contributed by atoms with van der Waals surface area (Å²) in [5.74, 6) is 1.71. The molecule has 0 spiro atoms. The van der Waals surface area contributed by atoms with Gasteiger partial charge in [-0.25, -0.2) is 9.98 Å². The zero-order chi connectivity index (χ0) is 14.5. The summed E-state index contributed by atoms with van der Waals surface area (Å²) in [6.07, 6.45) is 1.51. The standard InChI is InChI=1S/C14H20N6/c1-19(2)14(20(3)4)15-9-11-6-5-7-12(8-11)13-16-10-17-18-13/h5-8,10H,9H2,1-4H3,(H,16,17,18). The van der Waals surface area contributed by atoms with Gasteiger partial charge in [-0.2, -0.15) is 5.10 Å². The van der Waals surface area contributed by atoms with Gasteiger partial charge in [-0.1, -0.05) is 18.2 Å². The molecule has 0 saturated heterocycles. The Morgan fingerprint density at radius 2 is 1.95 bits per heavy atom. The molecule has 2 rings (SSSR count). The lowest BCUT2D eigenvalue weighted by molar-refractivity contribution is 0.479. The third kappa shape index (κ3) is 3.34. The zero-order valence-electron chi connectivity index (χ0n) is 12.3. The molecule has 1 aromatic carbocycles. The number of hydrogen-bond acceptors (Lipinski definition) is 3. The number of rotatable bonds is 3. The number of benzene rings is 1. The first-order valence-corrected chi connectivity index (χ1v) is 6.41. The Balaban J connectivity index is 2.18. The maximum absolute atomic E-state index is 4.64. The van der Waals surface area contributed by atoms with Crippen LogP contribution in [0.3, 0.4) is 0 Å². The molecule has 0 aliphatic rings. The van der Waals surface area contributed by atoms with E-state index < -0.39 is 0 Å². The number of aliphatic imine (C=N–C) groups is 1. The largest absolute Gasteiger partial charge is 0.349 e. The van der Waals surface area contributed by atoms with Gasteiger partial charge in [0, 0.05) is 33.8 Å². The zero-order valence-corrected chi connectivity index (χ0v) is 12.3. The van der Waals surface area contributed by atoms with E-state index in [0.29, 0.717) is 6.54 Å². The highest BCUT2D eigenvalue weighted by molar-refractivity contribution is 5.79. The number of nitrogens with zero attached hydrogens (tertiary/aromatic N) is 5. The minimum atomic E-state index is 0.633. The predicted molar refractivity (Wildman–Crippen MR) is 80.3 cm³/mol. The van der Waals surface area contributed by atoms with E-state index in [-0.39, 0.29) is 0 Å². The number of guanidine groups is 1. The van der Waals surface area contributed by atoms with E-state index in [9.17, 15) is 0 Å². The van der Waals surface area contributed by atoms with Crippen molar-refractivity contribution in [2.45, 2.75) is 6.54 Å². The first kappa shape index (κ1) is 14.0. The summed E-state index contributed by atoms with van der Waals surface area (Å²) in [6.45, 7) is 0.633. The molecule has 1 heterocycles. The van der Waals surface area contributed by atoms with Crippen LogP contribution >= 0.6 is 0 Å². The van der Waals surface area contributed by atoms with Crippen molar-refractivity contribution in [3.05, 3.63) is 36.2 Å². The third-order valence-corrected chi connectivity index (χ3v) is 2.82. The number of aromatic amines is 1. The van der Waals surface area contributed by atoms with Crippen molar-refractivity contribution in [1.82, 2.24) is 25.0 Å². The molecule has 20 heavy (non-hydrogen) atoms. The first-order valence-electron chi connectivity index (χ1n) is 6.41. The third-order valence-electron chi connectivity index (χ3n) is 2.82. The maximum atomic E-state index is 4.64. The Hall–Kier alpha value is -2.37. The van der Waals surface area contributed by atoms with Gasteiger partial charge in [0.1, 0.15) is 6.33 Å². The van der Waals surface area contributed by atoms with Gasteiger partial charge in [0.25, 0.3) is 0 Å². The summed E-state index contributed by atoms with van der Waals surface area (Å²) in [6, 6.07) is 8.15. The number of aromatic nitrogens is 3. The maximum Gasteiger partial charge on any atom is 0.195 e. The van der Waals surface area contributed by atoms with E-state index in [1.54, 1.807) is 0 Å². The lowest BCUT2D eigenvalue weighted by Crippen LogP contribution is -2.35. The van der Waals surface area contributed by atoms with Gasteiger partial charge in [0.15, 0.2) is 11.8 Å². The van der Waals surface area contributed by atoms with Crippen molar-refractivity contribution < 1.29 is 0 Å². The molecule has 0 fully saturated rings. The predicted octanol–water partition coefficient (Wildman–Crippen LogP) is 1.45. The van der Waals surface area contributed by atoms with Crippen LogP contribution in [0.2, 0.25) is 0 Å². The minimum absolute atomic E-state index is 0.633. The molecule has 0 unspecified atom stereocenters. The van der Waals surface area contributed by atoms with E-state index in [1.807, 2.05) is 50.1 Å². The van der Waals surface area contributed by atoms with Crippen LogP contribution in [0.5, 0.6) is 0 Å². The van der Waals surface area contributed by atoms with Crippen LogP contribution in [0.1, 0.15) is 5.56 Å². The van der Waals surface area contributed by atoms with Crippen LogP contribution in [0.4, 0.5) is 0 Å². The average Bonchev–Trinajstić information content (AvgIpc) is 2.92. The second-order valence-corrected chi connectivity index (χ2v) is 4.94.